The molecule has 3 N–H and O–H groups in total. The molecule has 0 amide bonds. The van der Waals surface area contributed by atoms with Gasteiger partial charge in [-0.05, 0) is 37.2 Å². The van der Waals surface area contributed by atoms with E-state index in [9.17, 15) is 0 Å². The molecule has 1 aromatic carbocycles. The highest BCUT2D eigenvalue weighted by atomic mass is 35.5. The van der Waals surface area contributed by atoms with Crippen LogP contribution in [0.2, 0.25) is 0 Å². The Morgan fingerprint density at radius 1 is 1.38 bits per heavy atom. The minimum absolute atomic E-state index is 0. The second-order valence-corrected chi connectivity index (χ2v) is 2.85. The number of benzene rings is 1. The van der Waals surface area contributed by atoms with Crippen LogP contribution < -0.4 is 11.1 Å². The van der Waals surface area contributed by atoms with E-state index in [0.717, 1.165) is 25.2 Å². The first-order valence-corrected chi connectivity index (χ1v) is 4.38. The monoisotopic (exact) mass is 200 g/mol. The van der Waals surface area contributed by atoms with Crippen molar-refractivity contribution < 1.29 is 0 Å². The number of nitrogens with one attached hydrogen (secondary N) is 1. The molecule has 0 aliphatic heterocycles. The average molecular weight is 201 g/mol. The molecule has 0 unspecified atom stereocenters. The molecule has 0 saturated heterocycles. The molecular weight excluding hydrogens is 184 g/mol. The summed E-state index contributed by atoms with van der Waals surface area (Å²) in [5.74, 6) is 0. The number of nitrogens with two attached hydrogens (primary N) is 1. The van der Waals surface area contributed by atoms with Crippen LogP contribution in [0.1, 0.15) is 12.5 Å². The second kappa shape index (κ2) is 6.75. The summed E-state index contributed by atoms with van der Waals surface area (Å²) >= 11 is 0. The molecular formula is C10H17ClN2. The van der Waals surface area contributed by atoms with E-state index in [1.807, 2.05) is 18.2 Å². The van der Waals surface area contributed by atoms with Crippen molar-refractivity contribution in [2.75, 3.05) is 18.8 Å². The Morgan fingerprint density at radius 3 is 2.77 bits per heavy atom. The van der Waals surface area contributed by atoms with Crippen LogP contribution in [0.5, 0.6) is 0 Å². The van der Waals surface area contributed by atoms with Crippen LogP contribution in [0.15, 0.2) is 24.3 Å². The molecule has 74 valence electrons. The number of nitrogen functional groups attached to an aromatic ring is 1. The summed E-state index contributed by atoms with van der Waals surface area (Å²) < 4.78 is 0. The van der Waals surface area contributed by atoms with Crippen LogP contribution in [0.3, 0.4) is 0 Å². The quantitative estimate of drug-likeness (QED) is 0.575. The fraction of sp³-hybridized carbons (Fsp3) is 0.400. The summed E-state index contributed by atoms with van der Waals surface area (Å²) in [5, 5.41) is 3.28. The van der Waals surface area contributed by atoms with Crippen LogP contribution in [0.4, 0.5) is 5.69 Å². The van der Waals surface area contributed by atoms with Gasteiger partial charge in [0.2, 0.25) is 0 Å². The molecule has 0 aromatic heterocycles. The van der Waals surface area contributed by atoms with E-state index in [1.54, 1.807) is 0 Å². The van der Waals surface area contributed by atoms with Crippen molar-refractivity contribution in [2.24, 2.45) is 0 Å². The topological polar surface area (TPSA) is 38.0 Å². The lowest BCUT2D eigenvalue weighted by atomic mass is 10.1. The fourth-order valence-electron chi connectivity index (χ4n) is 1.16. The molecule has 0 heterocycles. The molecule has 1 aromatic rings. The van der Waals surface area contributed by atoms with Gasteiger partial charge in [-0.2, -0.15) is 0 Å². The Morgan fingerprint density at radius 2 is 2.15 bits per heavy atom. The van der Waals surface area contributed by atoms with Crippen LogP contribution >= 0.6 is 12.4 Å². The first-order valence-electron chi connectivity index (χ1n) is 4.38. The molecule has 0 bridgehead atoms. The zero-order chi connectivity index (χ0) is 8.81. The minimum Gasteiger partial charge on any atom is -0.399 e. The van der Waals surface area contributed by atoms with Gasteiger partial charge in [-0.15, -0.1) is 12.4 Å². The molecule has 0 saturated carbocycles. The molecule has 3 heteroatoms. The largest absolute Gasteiger partial charge is 0.399 e. The van der Waals surface area contributed by atoms with Gasteiger partial charge < -0.3 is 11.1 Å². The smallest absolute Gasteiger partial charge is 0.0316 e. The molecule has 0 radical (unpaired) electrons. The first-order chi connectivity index (χ1) is 5.83. The van der Waals surface area contributed by atoms with Crippen molar-refractivity contribution >= 4 is 18.1 Å². The van der Waals surface area contributed by atoms with E-state index >= 15 is 0 Å². The van der Waals surface area contributed by atoms with E-state index in [1.165, 1.54) is 5.56 Å². The zero-order valence-corrected chi connectivity index (χ0v) is 8.73. The Kier molecular flexibility index (Phi) is 6.37. The predicted octanol–water partition coefficient (Wildman–Crippen LogP) is 1.84. The van der Waals surface area contributed by atoms with E-state index in [4.69, 9.17) is 5.73 Å². The summed E-state index contributed by atoms with van der Waals surface area (Å²) in [6, 6.07) is 8.04. The highest BCUT2D eigenvalue weighted by Gasteiger charge is 1.91. The lowest BCUT2D eigenvalue weighted by Crippen LogP contribution is -2.16. The Hall–Kier alpha value is -0.730. The third kappa shape index (κ3) is 4.76. The fourth-order valence-corrected chi connectivity index (χ4v) is 1.16. The second-order valence-electron chi connectivity index (χ2n) is 2.85. The van der Waals surface area contributed by atoms with E-state index in [0.29, 0.717) is 0 Å². The maximum atomic E-state index is 5.64. The maximum absolute atomic E-state index is 5.64. The van der Waals surface area contributed by atoms with Crippen LogP contribution in [0.25, 0.3) is 0 Å². The molecule has 13 heavy (non-hydrogen) atoms. The summed E-state index contributed by atoms with van der Waals surface area (Å²) in [6.07, 6.45) is 1.05. The third-order valence-corrected chi connectivity index (χ3v) is 1.79. The highest BCUT2D eigenvalue weighted by Crippen LogP contribution is 2.06. The Bertz CT molecular complexity index is 238. The van der Waals surface area contributed by atoms with E-state index in [-0.39, 0.29) is 12.4 Å². The highest BCUT2D eigenvalue weighted by molar-refractivity contribution is 5.85. The van der Waals surface area contributed by atoms with Gasteiger partial charge in [0.05, 0.1) is 0 Å². The number of likely N-dealkylation sites (N-methyl/N-ethyl adjacent to an activating group) is 1. The molecule has 0 fully saturated rings. The zero-order valence-electron chi connectivity index (χ0n) is 7.92. The molecule has 2 nitrogen and oxygen atoms in total. The SMILES string of the molecule is CCNCCc1cccc(N)c1.Cl. The minimum atomic E-state index is 0. The summed E-state index contributed by atoms with van der Waals surface area (Å²) in [5.41, 5.74) is 7.80. The number of hydrogen-bond donors (Lipinski definition) is 2. The van der Waals surface area contributed by atoms with Crippen LogP contribution in [-0.2, 0) is 6.42 Å². The number of hydrogen-bond acceptors (Lipinski definition) is 2. The van der Waals surface area contributed by atoms with Gasteiger partial charge >= 0.3 is 0 Å². The number of anilines is 1. The Balaban J connectivity index is 0.00000144. The molecule has 0 aliphatic carbocycles. The molecule has 1 rings (SSSR count). The van der Waals surface area contributed by atoms with Crippen molar-refractivity contribution in [3.05, 3.63) is 29.8 Å². The van der Waals surface area contributed by atoms with Gasteiger partial charge in [0, 0.05) is 5.69 Å². The van der Waals surface area contributed by atoms with E-state index < -0.39 is 0 Å². The maximum Gasteiger partial charge on any atom is 0.0316 e. The van der Waals surface area contributed by atoms with Crippen molar-refractivity contribution in [3.8, 4) is 0 Å². The van der Waals surface area contributed by atoms with Crippen molar-refractivity contribution in [3.63, 3.8) is 0 Å². The molecule has 0 aliphatic rings. The number of rotatable bonds is 4. The predicted molar refractivity (Wildman–Crippen MR) is 60.4 cm³/mol. The average Bonchev–Trinajstić information content (AvgIpc) is 2.05. The van der Waals surface area contributed by atoms with Crippen molar-refractivity contribution in [1.82, 2.24) is 5.32 Å². The van der Waals surface area contributed by atoms with Crippen molar-refractivity contribution in [2.45, 2.75) is 13.3 Å². The van der Waals surface area contributed by atoms with Gasteiger partial charge in [0.25, 0.3) is 0 Å². The summed E-state index contributed by atoms with van der Waals surface area (Å²) in [7, 11) is 0. The van der Waals surface area contributed by atoms with Gasteiger partial charge in [-0.3, -0.25) is 0 Å². The first kappa shape index (κ1) is 12.3. The third-order valence-electron chi connectivity index (χ3n) is 1.79. The Labute approximate surface area is 85.9 Å². The number of halogens is 1. The van der Waals surface area contributed by atoms with Gasteiger partial charge in [0.15, 0.2) is 0 Å². The van der Waals surface area contributed by atoms with Gasteiger partial charge in [-0.25, -0.2) is 0 Å². The normalized spacial score (nSPS) is 9.31. The summed E-state index contributed by atoms with van der Waals surface area (Å²) in [4.78, 5) is 0. The van der Waals surface area contributed by atoms with Crippen molar-refractivity contribution in [1.29, 1.82) is 0 Å². The van der Waals surface area contributed by atoms with Crippen LogP contribution in [-0.4, -0.2) is 13.1 Å². The molecule has 0 atom stereocenters. The van der Waals surface area contributed by atoms with Gasteiger partial charge in [0.1, 0.15) is 0 Å². The lowest BCUT2D eigenvalue weighted by molar-refractivity contribution is 0.717. The molecule has 0 spiro atoms. The van der Waals surface area contributed by atoms with Crippen LogP contribution in [0, 0.1) is 0 Å². The van der Waals surface area contributed by atoms with E-state index in [2.05, 4.69) is 18.3 Å². The summed E-state index contributed by atoms with van der Waals surface area (Å²) in [6.45, 7) is 4.17. The lowest BCUT2D eigenvalue weighted by Gasteiger charge is -2.02. The standard InChI is InChI=1S/C10H16N2.ClH/c1-2-12-7-6-9-4-3-5-10(11)8-9;/h3-5,8,12H,2,6-7,11H2,1H3;1H. The van der Waals surface area contributed by atoms with Gasteiger partial charge in [-0.1, -0.05) is 19.1 Å².